The summed E-state index contributed by atoms with van der Waals surface area (Å²) in [4.78, 5) is 0. The third-order valence-corrected chi connectivity index (χ3v) is 3.89. The van der Waals surface area contributed by atoms with Gasteiger partial charge in [-0.1, -0.05) is 24.3 Å². The second kappa shape index (κ2) is 7.04. The summed E-state index contributed by atoms with van der Waals surface area (Å²) in [5.41, 5.74) is 2.60. The molecule has 0 saturated carbocycles. The molecule has 0 amide bonds. The highest BCUT2D eigenvalue weighted by Crippen LogP contribution is 2.31. The number of ether oxygens (including phenoxy) is 2. The molecule has 1 aliphatic rings. The van der Waals surface area contributed by atoms with Gasteiger partial charge in [0.15, 0.2) is 0 Å². The van der Waals surface area contributed by atoms with E-state index in [-0.39, 0.29) is 18.3 Å². The fourth-order valence-corrected chi connectivity index (χ4v) is 2.58. The van der Waals surface area contributed by atoms with Crippen molar-refractivity contribution in [2.45, 2.75) is 50.9 Å². The average molecular weight is 264 g/mol. The standard InChI is InChI=1S/C16H24O3/c1-12(18-2)7-8-14(17)11-16-15-6-4-3-5-13(15)9-10-19-16/h3-6,12,14,16-17H,7-11H2,1-2H3. The van der Waals surface area contributed by atoms with Gasteiger partial charge < -0.3 is 14.6 Å². The summed E-state index contributed by atoms with van der Waals surface area (Å²) >= 11 is 0. The van der Waals surface area contributed by atoms with E-state index in [2.05, 4.69) is 18.2 Å². The zero-order chi connectivity index (χ0) is 13.7. The summed E-state index contributed by atoms with van der Waals surface area (Å²) in [6.45, 7) is 2.78. The second-order valence-electron chi connectivity index (χ2n) is 5.32. The van der Waals surface area contributed by atoms with E-state index in [1.54, 1.807) is 7.11 Å². The first-order chi connectivity index (χ1) is 9.20. The number of aliphatic hydroxyl groups is 1. The van der Waals surface area contributed by atoms with Crippen molar-refractivity contribution < 1.29 is 14.6 Å². The predicted octanol–water partition coefficient (Wildman–Crippen LogP) is 2.87. The van der Waals surface area contributed by atoms with E-state index in [0.29, 0.717) is 6.42 Å². The molecular weight excluding hydrogens is 240 g/mol. The maximum Gasteiger partial charge on any atom is 0.0852 e. The van der Waals surface area contributed by atoms with Crippen LogP contribution in [0.5, 0.6) is 0 Å². The normalized spacial score (nSPS) is 21.7. The molecule has 0 spiro atoms. The predicted molar refractivity (Wildman–Crippen MR) is 75.2 cm³/mol. The van der Waals surface area contributed by atoms with Gasteiger partial charge in [0.1, 0.15) is 0 Å². The van der Waals surface area contributed by atoms with Crippen LogP contribution < -0.4 is 0 Å². The molecule has 0 saturated heterocycles. The second-order valence-corrected chi connectivity index (χ2v) is 5.32. The van der Waals surface area contributed by atoms with Gasteiger partial charge in [-0.15, -0.1) is 0 Å². The molecule has 106 valence electrons. The number of fused-ring (bicyclic) bond motifs is 1. The Morgan fingerprint density at radius 3 is 2.95 bits per heavy atom. The Hall–Kier alpha value is -0.900. The molecule has 1 aromatic carbocycles. The Kier molecular flexibility index (Phi) is 5.37. The number of hydrogen-bond donors (Lipinski definition) is 1. The summed E-state index contributed by atoms with van der Waals surface area (Å²) in [5.74, 6) is 0. The van der Waals surface area contributed by atoms with Gasteiger partial charge in [-0.3, -0.25) is 0 Å². The average Bonchev–Trinajstić information content (AvgIpc) is 2.45. The van der Waals surface area contributed by atoms with Crippen LogP contribution in [0.2, 0.25) is 0 Å². The van der Waals surface area contributed by atoms with Crippen molar-refractivity contribution in [1.29, 1.82) is 0 Å². The molecule has 1 aromatic rings. The Balaban J connectivity index is 1.89. The number of hydrogen-bond acceptors (Lipinski definition) is 3. The maximum absolute atomic E-state index is 10.1. The third kappa shape index (κ3) is 4.03. The van der Waals surface area contributed by atoms with Gasteiger partial charge in [-0.2, -0.15) is 0 Å². The number of aliphatic hydroxyl groups excluding tert-OH is 1. The molecule has 2 rings (SSSR count). The van der Waals surface area contributed by atoms with Crippen LogP contribution in [0.15, 0.2) is 24.3 Å². The largest absolute Gasteiger partial charge is 0.393 e. The first kappa shape index (κ1) is 14.5. The molecule has 1 N–H and O–H groups in total. The van der Waals surface area contributed by atoms with Crippen LogP contribution in [0, 0.1) is 0 Å². The molecule has 0 aliphatic carbocycles. The fourth-order valence-electron chi connectivity index (χ4n) is 2.58. The van der Waals surface area contributed by atoms with Crippen LogP contribution >= 0.6 is 0 Å². The van der Waals surface area contributed by atoms with Crippen LogP contribution in [-0.4, -0.2) is 31.0 Å². The molecule has 3 unspecified atom stereocenters. The lowest BCUT2D eigenvalue weighted by atomic mass is 9.93. The van der Waals surface area contributed by atoms with Gasteiger partial charge in [0, 0.05) is 13.5 Å². The number of methoxy groups -OCH3 is 1. The molecule has 3 atom stereocenters. The van der Waals surface area contributed by atoms with Gasteiger partial charge in [-0.25, -0.2) is 0 Å². The highest BCUT2D eigenvalue weighted by Gasteiger charge is 2.23. The Morgan fingerprint density at radius 2 is 2.16 bits per heavy atom. The monoisotopic (exact) mass is 264 g/mol. The Labute approximate surface area is 115 Å². The molecule has 0 bridgehead atoms. The van der Waals surface area contributed by atoms with E-state index < -0.39 is 0 Å². The summed E-state index contributed by atoms with van der Waals surface area (Å²) in [5, 5.41) is 10.1. The van der Waals surface area contributed by atoms with Gasteiger partial charge in [-0.05, 0) is 37.3 Å². The lowest BCUT2D eigenvalue weighted by Gasteiger charge is -2.28. The summed E-state index contributed by atoms with van der Waals surface area (Å²) in [7, 11) is 1.71. The number of benzene rings is 1. The van der Waals surface area contributed by atoms with Crippen LogP contribution in [0.1, 0.15) is 43.4 Å². The van der Waals surface area contributed by atoms with E-state index in [4.69, 9.17) is 9.47 Å². The minimum absolute atomic E-state index is 0.0396. The smallest absolute Gasteiger partial charge is 0.0852 e. The fraction of sp³-hybridized carbons (Fsp3) is 0.625. The molecule has 0 aromatic heterocycles. The van der Waals surface area contributed by atoms with Crippen molar-refractivity contribution in [2.75, 3.05) is 13.7 Å². The van der Waals surface area contributed by atoms with E-state index in [9.17, 15) is 5.11 Å². The zero-order valence-corrected chi connectivity index (χ0v) is 11.8. The summed E-state index contributed by atoms with van der Waals surface area (Å²) in [6, 6.07) is 8.38. The van der Waals surface area contributed by atoms with E-state index in [1.165, 1.54) is 11.1 Å². The molecule has 3 heteroatoms. The van der Waals surface area contributed by atoms with E-state index in [0.717, 1.165) is 25.9 Å². The third-order valence-electron chi connectivity index (χ3n) is 3.89. The molecule has 19 heavy (non-hydrogen) atoms. The van der Waals surface area contributed by atoms with Gasteiger partial charge in [0.05, 0.1) is 24.9 Å². The molecule has 0 fully saturated rings. The van der Waals surface area contributed by atoms with Crippen LogP contribution in [0.3, 0.4) is 0 Å². The minimum Gasteiger partial charge on any atom is -0.393 e. The van der Waals surface area contributed by atoms with Gasteiger partial charge in [0.25, 0.3) is 0 Å². The SMILES string of the molecule is COC(C)CCC(O)CC1OCCc2ccccc21. The highest BCUT2D eigenvalue weighted by atomic mass is 16.5. The van der Waals surface area contributed by atoms with Crippen molar-refractivity contribution in [3.8, 4) is 0 Å². The minimum atomic E-state index is -0.325. The number of rotatable bonds is 6. The quantitative estimate of drug-likeness (QED) is 0.858. The topological polar surface area (TPSA) is 38.7 Å². The van der Waals surface area contributed by atoms with E-state index >= 15 is 0 Å². The van der Waals surface area contributed by atoms with Crippen molar-refractivity contribution in [3.63, 3.8) is 0 Å². The molecule has 3 nitrogen and oxygen atoms in total. The van der Waals surface area contributed by atoms with Crippen LogP contribution in [0.25, 0.3) is 0 Å². The van der Waals surface area contributed by atoms with Gasteiger partial charge >= 0.3 is 0 Å². The first-order valence-electron chi connectivity index (χ1n) is 7.11. The summed E-state index contributed by atoms with van der Waals surface area (Å²) in [6.07, 6.45) is 3.21. The lowest BCUT2D eigenvalue weighted by Crippen LogP contribution is -2.22. The first-order valence-corrected chi connectivity index (χ1v) is 7.11. The van der Waals surface area contributed by atoms with Crippen molar-refractivity contribution >= 4 is 0 Å². The van der Waals surface area contributed by atoms with Crippen molar-refractivity contribution in [1.82, 2.24) is 0 Å². The summed E-state index contributed by atoms with van der Waals surface area (Å²) < 4.78 is 11.0. The molecule has 1 heterocycles. The molecule has 1 aliphatic heterocycles. The van der Waals surface area contributed by atoms with E-state index in [1.807, 2.05) is 13.0 Å². The molecule has 0 radical (unpaired) electrons. The Bertz CT molecular complexity index is 391. The maximum atomic E-state index is 10.1. The highest BCUT2D eigenvalue weighted by molar-refractivity contribution is 5.30. The Morgan fingerprint density at radius 1 is 1.37 bits per heavy atom. The molecular formula is C16H24O3. The van der Waals surface area contributed by atoms with Crippen LogP contribution in [-0.2, 0) is 15.9 Å². The lowest BCUT2D eigenvalue weighted by molar-refractivity contribution is -0.00194. The van der Waals surface area contributed by atoms with Crippen molar-refractivity contribution in [2.24, 2.45) is 0 Å². The van der Waals surface area contributed by atoms with Gasteiger partial charge in [0.2, 0.25) is 0 Å². The van der Waals surface area contributed by atoms with Crippen LogP contribution in [0.4, 0.5) is 0 Å². The zero-order valence-electron chi connectivity index (χ0n) is 11.8. The van der Waals surface area contributed by atoms with Crippen molar-refractivity contribution in [3.05, 3.63) is 35.4 Å².